The second-order valence-electron chi connectivity index (χ2n) is 6.90. The molecule has 0 aliphatic rings. The number of aromatic nitrogens is 2. The van der Waals surface area contributed by atoms with E-state index < -0.39 is 24.1 Å². The first kappa shape index (κ1) is 24.7. The molecule has 0 saturated carbocycles. The summed E-state index contributed by atoms with van der Waals surface area (Å²) in [6, 6.07) is 9.90. The number of carbonyl (C=O) groups excluding carboxylic acids is 2. The van der Waals surface area contributed by atoms with Crippen LogP contribution in [0.15, 0.2) is 42.5 Å². The first-order valence-electron chi connectivity index (χ1n) is 9.93. The predicted octanol–water partition coefficient (Wildman–Crippen LogP) is 5.90. The quantitative estimate of drug-likeness (QED) is 0.344. The van der Waals surface area contributed by atoms with Crippen molar-refractivity contribution in [1.82, 2.24) is 10.2 Å². The van der Waals surface area contributed by atoms with E-state index in [0.29, 0.717) is 29.8 Å². The molecule has 6 nitrogen and oxygen atoms in total. The number of unbranched alkanes of at least 4 members (excludes halogenated alkanes) is 1. The fourth-order valence-corrected chi connectivity index (χ4v) is 4.01. The van der Waals surface area contributed by atoms with Gasteiger partial charge in [0.15, 0.2) is 6.29 Å². The SMILES string of the molecule is CCCCN(C(=O)c1cccc(Cl)c1)c1nnc(-c2ccc(OCC=O)c(C(F)(F)F)c2)s1. The van der Waals surface area contributed by atoms with E-state index in [1.165, 1.54) is 11.0 Å². The number of aldehydes is 1. The van der Waals surface area contributed by atoms with Crippen LogP contribution in [0.1, 0.15) is 35.7 Å². The number of anilines is 1. The summed E-state index contributed by atoms with van der Waals surface area (Å²) in [6.45, 7) is 1.84. The Morgan fingerprint density at radius 2 is 2.00 bits per heavy atom. The van der Waals surface area contributed by atoms with Crippen molar-refractivity contribution in [1.29, 1.82) is 0 Å². The van der Waals surface area contributed by atoms with Gasteiger partial charge in [-0.1, -0.05) is 42.3 Å². The minimum absolute atomic E-state index is 0.162. The lowest BCUT2D eigenvalue weighted by Crippen LogP contribution is -2.31. The van der Waals surface area contributed by atoms with E-state index in [9.17, 15) is 22.8 Å². The van der Waals surface area contributed by atoms with Gasteiger partial charge in [0.2, 0.25) is 5.13 Å². The Balaban J connectivity index is 1.95. The number of carbonyl (C=O) groups is 2. The highest BCUT2D eigenvalue weighted by molar-refractivity contribution is 7.18. The van der Waals surface area contributed by atoms with Crippen LogP contribution in [0.25, 0.3) is 10.6 Å². The van der Waals surface area contributed by atoms with Crippen LogP contribution >= 0.6 is 22.9 Å². The zero-order valence-electron chi connectivity index (χ0n) is 17.4. The van der Waals surface area contributed by atoms with Crippen LogP contribution in [0, 0.1) is 0 Å². The monoisotopic (exact) mass is 497 g/mol. The molecule has 0 unspecified atom stereocenters. The van der Waals surface area contributed by atoms with Crippen molar-refractivity contribution in [2.75, 3.05) is 18.1 Å². The Kier molecular flexibility index (Phi) is 8.04. The van der Waals surface area contributed by atoms with Gasteiger partial charge in [-0.15, -0.1) is 10.2 Å². The predicted molar refractivity (Wildman–Crippen MR) is 120 cm³/mol. The van der Waals surface area contributed by atoms with Gasteiger partial charge >= 0.3 is 6.18 Å². The van der Waals surface area contributed by atoms with Crippen LogP contribution in [0.4, 0.5) is 18.3 Å². The molecule has 1 amide bonds. The summed E-state index contributed by atoms with van der Waals surface area (Å²) in [5, 5.41) is 8.95. The largest absolute Gasteiger partial charge is 0.486 e. The smallest absolute Gasteiger partial charge is 0.419 e. The third-order valence-corrected chi connectivity index (χ3v) is 5.77. The highest BCUT2D eigenvalue weighted by Gasteiger charge is 2.35. The number of benzene rings is 2. The van der Waals surface area contributed by atoms with E-state index in [4.69, 9.17) is 16.3 Å². The minimum Gasteiger partial charge on any atom is -0.486 e. The fraction of sp³-hybridized carbons (Fsp3) is 0.273. The molecule has 0 N–H and O–H groups in total. The number of halogens is 4. The second kappa shape index (κ2) is 10.8. The summed E-state index contributed by atoms with van der Waals surface area (Å²) in [4.78, 5) is 25.0. The normalized spacial score (nSPS) is 11.3. The molecule has 0 bridgehead atoms. The van der Waals surface area contributed by atoms with Crippen molar-refractivity contribution < 1.29 is 27.5 Å². The molecule has 33 heavy (non-hydrogen) atoms. The molecule has 2 aromatic carbocycles. The van der Waals surface area contributed by atoms with Gasteiger partial charge in [-0.3, -0.25) is 14.5 Å². The maximum absolute atomic E-state index is 13.5. The van der Waals surface area contributed by atoms with Crippen LogP contribution < -0.4 is 9.64 Å². The van der Waals surface area contributed by atoms with Crippen LogP contribution in [0.3, 0.4) is 0 Å². The molecular weight excluding hydrogens is 479 g/mol. The zero-order chi connectivity index (χ0) is 24.0. The topological polar surface area (TPSA) is 72.4 Å². The Morgan fingerprint density at radius 1 is 1.21 bits per heavy atom. The van der Waals surface area contributed by atoms with Crippen LogP contribution in [-0.4, -0.2) is 35.5 Å². The average molecular weight is 498 g/mol. The third kappa shape index (κ3) is 6.08. The van der Waals surface area contributed by atoms with Gasteiger partial charge in [-0.25, -0.2) is 0 Å². The molecule has 1 aromatic heterocycles. The standard InChI is InChI=1S/C22H19ClF3N3O3S/c1-2-3-9-29(20(31)15-5-4-6-16(23)12-15)21-28-27-19(33-21)14-7-8-18(32-11-10-30)17(13-14)22(24,25)26/h4-8,10,12-13H,2-3,9,11H2,1H3. The van der Waals surface area contributed by atoms with Gasteiger partial charge in [0.05, 0.1) is 5.56 Å². The Bertz CT molecular complexity index is 1140. The number of rotatable bonds is 9. The Morgan fingerprint density at radius 3 is 2.67 bits per heavy atom. The summed E-state index contributed by atoms with van der Waals surface area (Å²) in [7, 11) is 0. The number of hydrogen-bond donors (Lipinski definition) is 0. The molecule has 0 atom stereocenters. The van der Waals surface area contributed by atoms with Gasteiger partial charge in [0.25, 0.3) is 5.91 Å². The van der Waals surface area contributed by atoms with Crippen LogP contribution in [0.2, 0.25) is 5.02 Å². The van der Waals surface area contributed by atoms with Crippen molar-refractivity contribution in [3.8, 4) is 16.3 Å². The lowest BCUT2D eigenvalue weighted by atomic mass is 10.1. The molecule has 0 aliphatic carbocycles. The van der Waals surface area contributed by atoms with E-state index in [1.807, 2.05) is 6.92 Å². The highest BCUT2D eigenvalue weighted by atomic mass is 35.5. The molecule has 174 valence electrons. The van der Waals surface area contributed by atoms with Gasteiger partial charge in [0, 0.05) is 22.7 Å². The van der Waals surface area contributed by atoms with Gasteiger partial charge in [-0.2, -0.15) is 13.2 Å². The zero-order valence-corrected chi connectivity index (χ0v) is 19.0. The molecular formula is C22H19ClF3N3O3S. The van der Waals surface area contributed by atoms with E-state index in [-0.39, 0.29) is 21.6 Å². The number of alkyl halides is 3. The molecule has 0 aliphatic heterocycles. The highest BCUT2D eigenvalue weighted by Crippen LogP contribution is 2.40. The molecule has 0 radical (unpaired) electrons. The maximum atomic E-state index is 13.5. The first-order chi connectivity index (χ1) is 15.7. The van der Waals surface area contributed by atoms with Gasteiger partial charge < -0.3 is 4.74 Å². The Labute approximate surface area is 197 Å². The van der Waals surface area contributed by atoms with Crippen molar-refractivity contribution in [2.45, 2.75) is 25.9 Å². The molecule has 0 saturated heterocycles. The summed E-state index contributed by atoms with van der Waals surface area (Å²) in [5.41, 5.74) is -0.502. The van der Waals surface area contributed by atoms with Crippen molar-refractivity contribution in [3.63, 3.8) is 0 Å². The number of hydrogen-bond acceptors (Lipinski definition) is 6. The van der Waals surface area contributed by atoms with E-state index in [1.54, 1.807) is 24.3 Å². The average Bonchev–Trinajstić information content (AvgIpc) is 3.27. The molecule has 11 heteroatoms. The third-order valence-electron chi connectivity index (χ3n) is 4.54. The molecule has 0 spiro atoms. The van der Waals surface area contributed by atoms with Crippen molar-refractivity contribution in [3.05, 3.63) is 58.6 Å². The maximum Gasteiger partial charge on any atom is 0.419 e. The molecule has 3 rings (SSSR count). The summed E-state index contributed by atoms with van der Waals surface area (Å²) in [5.74, 6) is -0.786. The summed E-state index contributed by atoms with van der Waals surface area (Å²) >= 11 is 7.01. The van der Waals surface area contributed by atoms with E-state index >= 15 is 0 Å². The molecule has 1 heterocycles. The number of amides is 1. The second-order valence-corrected chi connectivity index (χ2v) is 8.29. The number of nitrogens with zero attached hydrogens (tertiary/aromatic N) is 3. The lowest BCUT2D eigenvalue weighted by Gasteiger charge is -2.19. The molecule has 0 fully saturated rings. The Hall–Kier alpha value is -2.98. The number of ether oxygens (including phenoxy) is 1. The van der Waals surface area contributed by atoms with Crippen molar-refractivity contribution >= 4 is 40.3 Å². The summed E-state index contributed by atoms with van der Waals surface area (Å²) < 4.78 is 45.4. The van der Waals surface area contributed by atoms with Crippen LogP contribution in [0.5, 0.6) is 5.75 Å². The minimum atomic E-state index is -4.70. The van der Waals surface area contributed by atoms with Crippen molar-refractivity contribution in [2.24, 2.45) is 0 Å². The van der Waals surface area contributed by atoms with Gasteiger partial charge in [-0.05, 0) is 42.8 Å². The summed E-state index contributed by atoms with van der Waals surface area (Å²) in [6.07, 6.45) is -2.81. The van der Waals surface area contributed by atoms with E-state index in [0.717, 1.165) is 29.9 Å². The first-order valence-corrected chi connectivity index (χ1v) is 11.1. The lowest BCUT2D eigenvalue weighted by molar-refractivity contribution is -0.139. The fourth-order valence-electron chi connectivity index (χ4n) is 2.95. The van der Waals surface area contributed by atoms with Crippen LogP contribution in [-0.2, 0) is 11.0 Å². The molecule has 3 aromatic rings. The van der Waals surface area contributed by atoms with Gasteiger partial charge in [0.1, 0.15) is 17.4 Å². The van der Waals surface area contributed by atoms with E-state index in [2.05, 4.69) is 10.2 Å².